The standard InChI is InChI=1S/C22H29N5O/c1-22(2,3)11-18-13-25-21(26-10-6-9-19(24)15-26)27(20(18)28)14-17-8-5-4-7-16(17)12-23/h4-5,7-8,13,19H,6,9-11,14-15,24H2,1-3H3/t19-/m1/s1. The number of anilines is 1. The first-order valence-electron chi connectivity index (χ1n) is 9.86. The van der Waals surface area contributed by atoms with Crippen molar-refractivity contribution in [2.75, 3.05) is 18.0 Å². The van der Waals surface area contributed by atoms with E-state index in [1.165, 1.54) is 0 Å². The third-order valence-corrected chi connectivity index (χ3v) is 5.02. The molecular weight excluding hydrogens is 350 g/mol. The van der Waals surface area contributed by atoms with Crippen molar-refractivity contribution in [2.45, 2.75) is 52.6 Å². The van der Waals surface area contributed by atoms with Gasteiger partial charge in [0, 0.05) is 30.9 Å². The predicted molar refractivity (Wildman–Crippen MR) is 111 cm³/mol. The Morgan fingerprint density at radius 1 is 1.29 bits per heavy atom. The van der Waals surface area contributed by atoms with Crippen LogP contribution in [0.3, 0.4) is 0 Å². The van der Waals surface area contributed by atoms with Crippen LogP contribution in [0.15, 0.2) is 35.3 Å². The number of nitriles is 1. The number of nitrogens with zero attached hydrogens (tertiary/aromatic N) is 4. The summed E-state index contributed by atoms with van der Waals surface area (Å²) in [4.78, 5) is 20.2. The van der Waals surface area contributed by atoms with Crippen LogP contribution in [0.25, 0.3) is 0 Å². The first-order chi connectivity index (χ1) is 13.3. The van der Waals surface area contributed by atoms with E-state index in [4.69, 9.17) is 5.73 Å². The molecular formula is C22H29N5O. The van der Waals surface area contributed by atoms with E-state index in [9.17, 15) is 10.1 Å². The fourth-order valence-electron chi connectivity index (χ4n) is 3.74. The molecule has 0 unspecified atom stereocenters. The number of nitrogens with two attached hydrogens (primary N) is 1. The SMILES string of the molecule is CC(C)(C)Cc1cnc(N2CCC[C@@H](N)C2)n(Cc2ccccc2C#N)c1=O. The van der Waals surface area contributed by atoms with Gasteiger partial charge in [0.05, 0.1) is 18.2 Å². The summed E-state index contributed by atoms with van der Waals surface area (Å²) < 4.78 is 1.72. The molecule has 1 saturated heterocycles. The minimum atomic E-state index is -0.0354. The van der Waals surface area contributed by atoms with Crippen LogP contribution in [-0.4, -0.2) is 28.7 Å². The molecule has 0 amide bonds. The van der Waals surface area contributed by atoms with Gasteiger partial charge in [-0.05, 0) is 36.3 Å². The lowest BCUT2D eigenvalue weighted by Gasteiger charge is -2.33. The smallest absolute Gasteiger partial charge is 0.258 e. The van der Waals surface area contributed by atoms with Crippen LogP contribution < -0.4 is 16.2 Å². The van der Waals surface area contributed by atoms with Crippen molar-refractivity contribution in [2.24, 2.45) is 11.1 Å². The van der Waals surface area contributed by atoms with Gasteiger partial charge in [-0.25, -0.2) is 4.98 Å². The largest absolute Gasteiger partial charge is 0.341 e. The van der Waals surface area contributed by atoms with Crippen molar-refractivity contribution in [1.82, 2.24) is 9.55 Å². The minimum absolute atomic E-state index is 0.0156. The molecule has 2 aromatic rings. The highest BCUT2D eigenvalue weighted by Crippen LogP contribution is 2.22. The molecule has 2 heterocycles. The third kappa shape index (κ3) is 4.60. The second kappa shape index (κ2) is 8.15. The number of aromatic nitrogens is 2. The van der Waals surface area contributed by atoms with Gasteiger partial charge in [-0.15, -0.1) is 0 Å². The molecule has 0 aliphatic carbocycles. The molecule has 1 fully saturated rings. The fraction of sp³-hybridized carbons (Fsp3) is 0.500. The highest BCUT2D eigenvalue weighted by molar-refractivity contribution is 5.40. The van der Waals surface area contributed by atoms with Gasteiger partial charge in [0.2, 0.25) is 5.95 Å². The molecule has 0 spiro atoms. The summed E-state index contributed by atoms with van der Waals surface area (Å²) in [5, 5.41) is 9.45. The summed E-state index contributed by atoms with van der Waals surface area (Å²) in [6.07, 6.45) is 4.34. The highest BCUT2D eigenvalue weighted by Gasteiger charge is 2.24. The second-order valence-corrected chi connectivity index (χ2v) is 8.83. The molecule has 1 aromatic heterocycles. The summed E-state index contributed by atoms with van der Waals surface area (Å²) in [6.45, 7) is 8.18. The molecule has 1 aliphatic heterocycles. The lowest BCUT2D eigenvalue weighted by Crippen LogP contribution is -2.45. The van der Waals surface area contributed by atoms with Crippen molar-refractivity contribution >= 4 is 5.95 Å². The summed E-state index contributed by atoms with van der Waals surface area (Å²) in [5.74, 6) is 0.644. The minimum Gasteiger partial charge on any atom is -0.341 e. The van der Waals surface area contributed by atoms with Crippen molar-refractivity contribution in [3.05, 3.63) is 57.5 Å². The van der Waals surface area contributed by atoms with Crippen LogP contribution in [0.5, 0.6) is 0 Å². The van der Waals surface area contributed by atoms with Crippen molar-refractivity contribution in [3.8, 4) is 6.07 Å². The van der Waals surface area contributed by atoms with Crippen molar-refractivity contribution in [1.29, 1.82) is 5.26 Å². The van der Waals surface area contributed by atoms with Crippen molar-refractivity contribution < 1.29 is 0 Å². The Labute approximate surface area is 166 Å². The Morgan fingerprint density at radius 2 is 2.04 bits per heavy atom. The quantitative estimate of drug-likeness (QED) is 0.882. The molecule has 6 heteroatoms. The van der Waals surface area contributed by atoms with Crippen LogP contribution in [0.2, 0.25) is 0 Å². The third-order valence-electron chi connectivity index (χ3n) is 5.02. The normalized spacial score (nSPS) is 17.4. The predicted octanol–water partition coefficient (Wildman–Crippen LogP) is 2.68. The van der Waals surface area contributed by atoms with Gasteiger partial charge in [0.25, 0.3) is 5.56 Å². The first-order valence-corrected chi connectivity index (χ1v) is 9.86. The van der Waals surface area contributed by atoms with Crippen LogP contribution in [0.4, 0.5) is 5.95 Å². The zero-order chi connectivity index (χ0) is 20.3. The lowest BCUT2D eigenvalue weighted by atomic mass is 9.89. The van der Waals surface area contributed by atoms with Gasteiger partial charge in [-0.2, -0.15) is 5.26 Å². The Kier molecular flexibility index (Phi) is 5.85. The monoisotopic (exact) mass is 379 g/mol. The average Bonchev–Trinajstić information content (AvgIpc) is 2.64. The summed E-state index contributed by atoms with van der Waals surface area (Å²) >= 11 is 0. The Morgan fingerprint density at radius 3 is 2.71 bits per heavy atom. The maximum Gasteiger partial charge on any atom is 0.258 e. The van der Waals surface area contributed by atoms with Gasteiger partial charge >= 0.3 is 0 Å². The fourth-order valence-corrected chi connectivity index (χ4v) is 3.74. The number of piperidine rings is 1. The average molecular weight is 380 g/mol. The zero-order valence-corrected chi connectivity index (χ0v) is 17.0. The highest BCUT2D eigenvalue weighted by atomic mass is 16.1. The first kappa shape index (κ1) is 20.1. The molecule has 28 heavy (non-hydrogen) atoms. The Balaban J connectivity index is 2.08. The number of rotatable bonds is 4. The maximum absolute atomic E-state index is 13.4. The van der Waals surface area contributed by atoms with Gasteiger partial charge in [0.1, 0.15) is 0 Å². The lowest BCUT2D eigenvalue weighted by molar-refractivity contribution is 0.406. The van der Waals surface area contributed by atoms with E-state index in [-0.39, 0.29) is 17.0 Å². The molecule has 2 N–H and O–H groups in total. The number of benzene rings is 1. The summed E-state index contributed by atoms with van der Waals surface area (Å²) in [5.41, 5.74) is 8.22. The van der Waals surface area contributed by atoms with Crippen LogP contribution in [0.1, 0.15) is 50.3 Å². The molecule has 0 bridgehead atoms. The van der Waals surface area contributed by atoms with E-state index in [0.29, 0.717) is 36.6 Å². The molecule has 148 valence electrons. The van der Waals surface area contributed by atoms with E-state index in [0.717, 1.165) is 24.9 Å². The summed E-state index contributed by atoms with van der Waals surface area (Å²) in [6, 6.07) is 9.71. The molecule has 0 saturated carbocycles. The van der Waals surface area contributed by atoms with E-state index >= 15 is 0 Å². The van der Waals surface area contributed by atoms with Gasteiger partial charge in [-0.1, -0.05) is 39.0 Å². The van der Waals surface area contributed by atoms with E-state index in [1.54, 1.807) is 16.8 Å². The second-order valence-electron chi connectivity index (χ2n) is 8.83. The van der Waals surface area contributed by atoms with E-state index in [2.05, 4.69) is 36.7 Å². The molecule has 1 atom stereocenters. The zero-order valence-electron chi connectivity index (χ0n) is 17.0. The molecule has 0 radical (unpaired) electrons. The molecule has 1 aliphatic rings. The number of hydrogen-bond donors (Lipinski definition) is 1. The van der Waals surface area contributed by atoms with E-state index in [1.807, 2.05) is 18.2 Å². The number of hydrogen-bond acceptors (Lipinski definition) is 5. The van der Waals surface area contributed by atoms with Gasteiger partial charge in [-0.3, -0.25) is 9.36 Å². The Hall–Kier alpha value is -2.65. The van der Waals surface area contributed by atoms with Crippen molar-refractivity contribution in [3.63, 3.8) is 0 Å². The molecule has 6 nitrogen and oxygen atoms in total. The van der Waals surface area contributed by atoms with Crippen LogP contribution in [0, 0.1) is 16.7 Å². The Bertz CT molecular complexity index is 935. The maximum atomic E-state index is 13.4. The molecule has 1 aromatic carbocycles. The van der Waals surface area contributed by atoms with E-state index < -0.39 is 0 Å². The summed E-state index contributed by atoms with van der Waals surface area (Å²) in [7, 11) is 0. The van der Waals surface area contributed by atoms with Gasteiger partial charge < -0.3 is 10.6 Å². The molecule has 3 rings (SSSR count). The topological polar surface area (TPSA) is 87.9 Å². The van der Waals surface area contributed by atoms with Crippen LogP contribution >= 0.6 is 0 Å². The van der Waals surface area contributed by atoms with Crippen LogP contribution in [-0.2, 0) is 13.0 Å². The van der Waals surface area contributed by atoms with Gasteiger partial charge in [0.15, 0.2) is 0 Å².